The van der Waals surface area contributed by atoms with Crippen LogP contribution in [0.25, 0.3) is 0 Å². The zero-order chi connectivity index (χ0) is 11.1. The van der Waals surface area contributed by atoms with Crippen LogP contribution in [0.5, 0.6) is 0 Å². The van der Waals surface area contributed by atoms with E-state index in [1.165, 1.54) is 0 Å². The van der Waals surface area contributed by atoms with E-state index in [-0.39, 0.29) is 11.2 Å². The largest absolute Gasteiger partial charge is 0.286 e. The Bertz CT molecular complexity index is 484. The first-order valence-electron chi connectivity index (χ1n) is 5.44. The van der Waals surface area contributed by atoms with Crippen LogP contribution in [0.1, 0.15) is 18.9 Å². The summed E-state index contributed by atoms with van der Waals surface area (Å²) in [4.78, 5) is 18.4. The lowest BCUT2D eigenvalue weighted by atomic mass is 10.1. The van der Waals surface area contributed by atoms with Gasteiger partial charge in [-0.2, -0.15) is 0 Å². The van der Waals surface area contributed by atoms with Crippen LogP contribution in [-0.2, 0) is 11.3 Å². The molecule has 2 heterocycles. The lowest BCUT2D eigenvalue weighted by molar-refractivity contribution is -0.126. The number of fused-ring (bicyclic) bond motifs is 2. The van der Waals surface area contributed by atoms with Crippen molar-refractivity contribution in [2.75, 3.05) is 0 Å². The molecule has 3 rings (SSSR count). The monoisotopic (exact) mass is 232 g/mol. The molecule has 0 spiro atoms. The number of amides is 1. The van der Waals surface area contributed by atoms with Crippen molar-refractivity contribution in [1.29, 1.82) is 0 Å². The molecule has 0 bridgehead atoms. The van der Waals surface area contributed by atoms with Crippen LogP contribution < -0.4 is 0 Å². The van der Waals surface area contributed by atoms with Gasteiger partial charge in [0.15, 0.2) is 5.17 Å². The number of amidine groups is 1. The zero-order valence-corrected chi connectivity index (χ0v) is 9.83. The molecule has 1 aromatic rings. The van der Waals surface area contributed by atoms with Gasteiger partial charge < -0.3 is 0 Å². The SMILES string of the molecule is CC[C@H]1SC2=Nc3ccccc3CN2C1=O. The topological polar surface area (TPSA) is 32.7 Å². The van der Waals surface area contributed by atoms with Gasteiger partial charge in [0.25, 0.3) is 0 Å². The minimum absolute atomic E-state index is 0.0630. The lowest BCUT2D eigenvalue weighted by Crippen LogP contribution is -2.32. The first-order chi connectivity index (χ1) is 7.79. The molecule has 0 saturated carbocycles. The Labute approximate surface area is 98.5 Å². The summed E-state index contributed by atoms with van der Waals surface area (Å²) >= 11 is 1.59. The number of aliphatic imine (C=N–C) groups is 1. The van der Waals surface area contributed by atoms with Crippen molar-refractivity contribution in [2.45, 2.75) is 25.1 Å². The first kappa shape index (κ1) is 9.90. The highest BCUT2D eigenvalue weighted by atomic mass is 32.2. The number of rotatable bonds is 1. The number of para-hydroxylation sites is 1. The maximum atomic E-state index is 12.0. The smallest absolute Gasteiger partial charge is 0.242 e. The predicted octanol–water partition coefficient (Wildman–Crippen LogP) is 2.54. The number of benzene rings is 1. The van der Waals surface area contributed by atoms with Gasteiger partial charge >= 0.3 is 0 Å². The molecule has 1 fully saturated rings. The van der Waals surface area contributed by atoms with E-state index in [1.54, 1.807) is 16.7 Å². The van der Waals surface area contributed by atoms with E-state index in [0.717, 1.165) is 22.8 Å². The molecule has 2 aliphatic heterocycles. The summed E-state index contributed by atoms with van der Waals surface area (Å²) in [6.07, 6.45) is 0.870. The molecule has 1 amide bonds. The summed E-state index contributed by atoms with van der Waals surface area (Å²) in [6.45, 7) is 2.72. The summed E-state index contributed by atoms with van der Waals surface area (Å²) in [5, 5.41) is 0.934. The zero-order valence-electron chi connectivity index (χ0n) is 9.01. The summed E-state index contributed by atoms with van der Waals surface area (Å²) in [5.41, 5.74) is 2.14. The second-order valence-electron chi connectivity index (χ2n) is 3.96. The van der Waals surface area contributed by atoms with E-state index in [2.05, 4.69) is 4.99 Å². The van der Waals surface area contributed by atoms with Crippen LogP contribution >= 0.6 is 11.8 Å². The Morgan fingerprint density at radius 3 is 3.12 bits per heavy atom. The van der Waals surface area contributed by atoms with Crippen LogP contribution in [-0.4, -0.2) is 21.2 Å². The second kappa shape index (κ2) is 3.63. The molecule has 0 radical (unpaired) electrons. The van der Waals surface area contributed by atoms with Gasteiger partial charge in [-0.1, -0.05) is 36.9 Å². The molecule has 1 aromatic carbocycles. The summed E-state index contributed by atoms with van der Waals surface area (Å²) < 4.78 is 0. The average Bonchev–Trinajstić information content (AvgIpc) is 2.63. The molecule has 0 aliphatic carbocycles. The van der Waals surface area contributed by atoms with Crippen LogP contribution in [0.3, 0.4) is 0 Å². The van der Waals surface area contributed by atoms with Crippen molar-refractivity contribution >= 4 is 28.5 Å². The number of hydrogen-bond acceptors (Lipinski definition) is 3. The molecule has 1 saturated heterocycles. The Kier molecular flexibility index (Phi) is 2.24. The van der Waals surface area contributed by atoms with Crippen molar-refractivity contribution in [2.24, 2.45) is 4.99 Å². The molecule has 4 heteroatoms. The first-order valence-corrected chi connectivity index (χ1v) is 6.32. The van der Waals surface area contributed by atoms with Gasteiger partial charge in [-0.05, 0) is 18.1 Å². The predicted molar refractivity (Wildman–Crippen MR) is 65.8 cm³/mol. The summed E-state index contributed by atoms with van der Waals surface area (Å²) in [5.74, 6) is 0.209. The van der Waals surface area contributed by atoms with E-state index in [0.29, 0.717) is 6.54 Å². The van der Waals surface area contributed by atoms with Gasteiger partial charge in [-0.15, -0.1) is 0 Å². The fourth-order valence-electron chi connectivity index (χ4n) is 2.03. The molecule has 82 valence electrons. The number of carbonyl (C=O) groups is 1. The van der Waals surface area contributed by atoms with Crippen LogP contribution in [0.2, 0.25) is 0 Å². The quantitative estimate of drug-likeness (QED) is 0.745. The highest BCUT2D eigenvalue weighted by Gasteiger charge is 2.38. The molecule has 2 aliphatic rings. The van der Waals surface area contributed by atoms with E-state index in [4.69, 9.17) is 0 Å². The second-order valence-corrected chi connectivity index (χ2v) is 5.13. The van der Waals surface area contributed by atoms with Gasteiger partial charge in [0.2, 0.25) is 5.91 Å². The third-order valence-corrected chi connectivity index (χ3v) is 4.27. The fourth-order valence-corrected chi connectivity index (χ4v) is 3.11. The highest BCUT2D eigenvalue weighted by Crippen LogP contribution is 2.37. The Morgan fingerprint density at radius 1 is 1.50 bits per heavy atom. The minimum Gasteiger partial charge on any atom is -0.286 e. The van der Waals surface area contributed by atoms with Crippen molar-refractivity contribution < 1.29 is 4.79 Å². The molecule has 0 aromatic heterocycles. The standard InChI is InChI=1S/C12H12N2OS/c1-2-10-11(15)14-7-8-5-3-4-6-9(8)13-12(14)16-10/h3-6,10H,2,7H2,1H3/t10-/m1/s1. The van der Waals surface area contributed by atoms with Gasteiger partial charge in [-0.25, -0.2) is 4.99 Å². The Morgan fingerprint density at radius 2 is 2.31 bits per heavy atom. The molecule has 3 nitrogen and oxygen atoms in total. The summed E-state index contributed by atoms with van der Waals surface area (Å²) in [7, 11) is 0. The van der Waals surface area contributed by atoms with Crippen molar-refractivity contribution in [3.05, 3.63) is 29.8 Å². The lowest BCUT2D eigenvalue weighted by Gasteiger charge is -2.21. The molecule has 1 atom stereocenters. The third kappa shape index (κ3) is 1.37. The maximum Gasteiger partial charge on any atom is 0.242 e. The van der Waals surface area contributed by atoms with E-state index in [9.17, 15) is 4.79 Å². The molecular formula is C12H12N2OS. The minimum atomic E-state index is 0.0630. The molecular weight excluding hydrogens is 220 g/mol. The van der Waals surface area contributed by atoms with Gasteiger partial charge in [0.05, 0.1) is 17.5 Å². The third-order valence-electron chi connectivity index (χ3n) is 2.93. The fraction of sp³-hybridized carbons (Fsp3) is 0.333. The molecule has 0 unspecified atom stereocenters. The van der Waals surface area contributed by atoms with E-state index < -0.39 is 0 Å². The molecule has 0 N–H and O–H groups in total. The Balaban J connectivity index is 2.01. The van der Waals surface area contributed by atoms with Gasteiger partial charge in [0.1, 0.15) is 0 Å². The summed E-state index contributed by atoms with van der Waals surface area (Å²) in [6, 6.07) is 8.01. The van der Waals surface area contributed by atoms with Crippen molar-refractivity contribution in [3.63, 3.8) is 0 Å². The van der Waals surface area contributed by atoms with Crippen molar-refractivity contribution in [1.82, 2.24) is 4.90 Å². The van der Waals surface area contributed by atoms with E-state index >= 15 is 0 Å². The average molecular weight is 232 g/mol. The number of thioether (sulfide) groups is 1. The number of hydrogen-bond donors (Lipinski definition) is 0. The van der Waals surface area contributed by atoms with Gasteiger partial charge in [-0.3, -0.25) is 9.69 Å². The molecule has 16 heavy (non-hydrogen) atoms. The van der Waals surface area contributed by atoms with Crippen LogP contribution in [0.15, 0.2) is 29.3 Å². The normalized spacial score (nSPS) is 22.8. The van der Waals surface area contributed by atoms with Crippen LogP contribution in [0.4, 0.5) is 5.69 Å². The number of carbonyl (C=O) groups excluding carboxylic acids is 1. The maximum absolute atomic E-state index is 12.0. The Hall–Kier alpha value is -1.29. The number of nitrogens with zero attached hydrogens (tertiary/aromatic N) is 2. The highest BCUT2D eigenvalue weighted by molar-refractivity contribution is 8.15. The van der Waals surface area contributed by atoms with Gasteiger partial charge in [0, 0.05) is 0 Å². The van der Waals surface area contributed by atoms with Crippen molar-refractivity contribution in [3.8, 4) is 0 Å². The van der Waals surface area contributed by atoms with E-state index in [1.807, 2.05) is 31.2 Å². The van der Waals surface area contributed by atoms with Crippen LogP contribution in [0, 0.1) is 0 Å².